The number of likely N-dealkylation sites (tertiary alicyclic amines) is 1. The van der Waals surface area contributed by atoms with Gasteiger partial charge >= 0.3 is 0 Å². The second-order valence-electron chi connectivity index (χ2n) is 4.95. The molecule has 1 aliphatic rings. The summed E-state index contributed by atoms with van der Waals surface area (Å²) in [5, 5.41) is 0.523. The molecule has 6 heteroatoms. The van der Waals surface area contributed by atoms with Crippen LogP contribution < -0.4 is 11.3 Å². The first-order valence-electron chi connectivity index (χ1n) is 6.27. The zero-order chi connectivity index (χ0) is 13.4. The van der Waals surface area contributed by atoms with Gasteiger partial charge in [0.2, 0.25) is 0 Å². The first-order valence-corrected chi connectivity index (χ1v) is 6.65. The summed E-state index contributed by atoms with van der Waals surface area (Å²) >= 11 is 5.87. The molecule has 0 amide bonds. The Morgan fingerprint density at radius 2 is 2.32 bits per heavy atom. The SMILES string of the molecule is N[C@H]1CCN(Cc2cc(=O)n3cc(Cl)ccc3n2)C1. The second kappa shape index (κ2) is 4.92. The highest BCUT2D eigenvalue weighted by molar-refractivity contribution is 6.30. The zero-order valence-corrected chi connectivity index (χ0v) is 11.2. The molecule has 1 fully saturated rings. The van der Waals surface area contributed by atoms with Crippen molar-refractivity contribution in [3.63, 3.8) is 0 Å². The molecule has 2 aromatic heterocycles. The third kappa shape index (κ3) is 2.63. The number of rotatable bonds is 2. The van der Waals surface area contributed by atoms with E-state index in [9.17, 15) is 4.79 Å². The number of hydrogen-bond donors (Lipinski definition) is 1. The fourth-order valence-corrected chi connectivity index (χ4v) is 2.60. The molecule has 100 valence electrons. The van der Waals surface area contributed by atoms with Gasteiger partial charge in [-0.2, -0.15) is 0 Å². The molecule has 1 atom stereocenters. The lowest BCUT2D eigenvalue weighted by Crippen LogP contribution is -2.27. The van der Waals surface area contributed by atoms with Gasteiger partial charge < -0.3 is 5.73 Å². The Kier molecular flexibility index (Phi) is 3.26. The van der Waals surface area contributed by atoms with Crippen LogP contribution in [0.15, 0.2) is 29.2 Å². The van der Waals surface area contributed by atoms with Crippen LogP contribution in [0.4, 0.5) is 0 Å². The van der Waals surface area contributed by atoms with E-state index in [-0.39, 0.29) is 11.6 Å². The molecule has 0 radical (unpaired) electrons. The van der Waals surface area contributed by atoms with E-state index in [0.29, 0.717) is 17.2 Å². The second-order valence-corrected chi connectivity index (χ2v) is 5.38. The fourth-order valence-electron chi connectivity index (χ4n) is 2.44. The first kappa shape index (κ1) is 12.6. The summed E-state index contributed by atoms with van der Waals surface area (Å²) in [6, 6.07) is 5.29. The maximum Gasteiger partial charge on any atom is 0.258 e. The molecule has 0 spiro atoms. The molecule has 0 unspecified atom stereocenters. The summed E-state index contributed by atoms with van der Waals surface area (Å²) in [7, 11) is 0. The number of nitrogens with two attached hydrogens (primary N) is 1. The van der Waals surface area contributed by atoms with E-state index in [1.165, 1.54) is 4.40 Å². The molecular weight excluding hydrogens is 264 g/mol. The quantitative estimate of drug-likeness (QED) is 0.886. The van der Waals surface area contributed by atoms with Gasteiger partial charge in [-0.15, -0.1) is 0 Å². The van der Waals surface area contributed by atoms with Gasteiger partial charge in [-0.3, -0.25) is 14.1 Å². The normalized spacial score (nSPS) is 20.2. The number of halogens is 1. The van der Waals surface area contributed by atoms with Crippen LogP contribution in [0.5, 0.6) is 0 Å². The number of pyridine rings is 1. The van der Waals surface area contributed by atoms with E-state index in [4.69, 9.17) is 17.3 Å². The van der Waals surface area contributed by atoms with Crippen molar-refractivity contribution in [1.82, 2.24) is 14.3 Å². The standard InChI is InChI=1S/C13H15ClN4O/c14-9-1-2-12-16-11(5-13(19)18(12)6-9)8-17-4-3-10(15)7-17/h1-2,5-6,10H,3-4,7-8,15H2/t10-/m0/s1. The summed E-state index contributed by atoms with van der Waals surface area (Å²) in [5.74, 6) is 0. The minimum Gasteiger partial charge on any atom is -0.326 e. The lowest BCUT2D eigenvalue weighted by molar-refractivity contribution is 0.323. The molecule has 2 aromatic rings. The van der Waals surface area contributed by atoms with Crippen LogP contribution in [0, 0.1) is 0 Å². The van der Waals surface area contributed by atoms with Crippen molar-refractivity contribution in [3.05, 3.63) is 45.5 Å². The van der Waals surface area contributed by atoms with Crippen molar-refractivity contribution < 1.29 is 0 Å². The van der Waals surface area contributed by atoms with Crippen molar-refractivity contribution in [2.24, 2.45) is 5.73 Å². The van der Waals surface area contributed by atoms with Gasteiger partial charge in [-0.1, -0.05) is 11.6 Å². The number of hydrogen-bond acceptors (Lipinski definition) is 4. The van der Waals surface area contributed by atoms with Crippen molar-refractivity contribution in [2.75, 3.05) is 13.1 Å². The van der Waals surface area contributed by atoms with Gasteiger partial charge in [0, 0.05) is 37.9 Å². The fraction of sp³-hybridized carbons (Fsp3) is 0.385. The minimum atomic E-state index is -0.106. The van der Waals surface area contributed by atoms with Crippen molar-refractivity contribution in [3.8, 4) is 0 Å². The third-order valence-corrected chi connectivity index (χ3v) is 3.59. The summed E-state index contributed by atoms with van der Waals surface area (Å²) in [4.78, 5) is 18.7. The highest BCUT2D eigenvalue weighted by Crippen LogP contribution is 2.12. The Morgan fingerprint density at radius 1 is 1.47 bits per heavy atom. The predicted octanol–water partition coefficient (Wildman–Crippen LogP) is 0.881. The highest BCUT2D eigenvalue weighted by Gasteiger charge is 2.19. The van der Waals surface area contributed by atoms with Crippen molar-refractivity contribution in [2.45, 2.75) is 19.0 Å². The summed E-state index contributed by atoms with van der Waals surface area (Å²) in [6.07, 6.45) is 2.59. The molecule has 3 rings (SSSR count). The maximum atomic E-state index is 12.0. The van der Waals surface area contributed by atoms with Crippen LogP contribution in [-0.4, -0.2) is 33.4 Å². The Hall–Kier alpha value is -1.43. The van der Waals surface area contributed by atoms with E-state index >= 15 is 0 Å². The summed E-state index contributed by atoms with van der Waals surface area (Å²) in [5.41, 5.74) is 7.17. The Balaban J connectivity index is 1.93. The number of nitrogens with zero attached hydrogens (tertiary/aromatic N) is 3. The third-order valence-electron chi connectivity index (χ3n) is 3.37. The number of fused-ring (bicyclic) bond motifs is 1. The van der Waals surface area contributed by atoms with E-state index in [1.54, 1.807) is 24.4 Å². The molecule has 0 aromatic carbocycles. The Morgan fingerprint density at radius 3 is 3.05 bits per heavy atom. The highest BCUT2D eigenvalue weighted by atomic mass is 35.5. The van der Waals surface area contributed by atoms with Gasteiger partial charge in [0.15, 0.2) is 0 Å². The predicted molar refractivity (Wildman–Crippen MR) is 74.3 cm³/mol. The largest absolute Gasteiger partial charge is 0.326 e. The summed E-state index contributed by atoms with van der Waals surface area (Å²) < 4.78 is 1.46. The maximum absolute atomic E-state index is 12.0. The van der Waals surface area contributed by atoms with Crippen LogP contribution >= 0.6 is 11.6 Å². The molecule has 0 saturated carbocycles. The monoisotopic (exact) mass is 278 g/mol. The summed E-state index contributed by atoms with van der Waals surface area (Å²) in [6.45, 7) is 2.49. The van der Waals surface area contributed by atoms with Crippen LogP contribution in [0.25, 0.3) is 5.65 Å². The topological polar surface area (TPSA) is 63.6 Å². The Bertz CT molecular complexity index is 669. The van der Waals surface area contributed by atoms with Gasteiger partial charge in [-0.05, 0) is 18.6 Å². The van der Waals surface area contributed by atoms with Gasteiger partial charge in [0.05, 0.1) is 10.7 Å². The smallest absolute Gasteiger partial charge is 0.258 e. The molecule has 2 N–H and O–H groups in total. The van der Waals surface area contributed by atoms with Crippen LogP contribution in [0.1, 0.15) is 12.1 Å². The van der Waals surface area contributed by atoms with E-state index in [0.717, 1.165) is 25.2 Å². The molecule has 0 bridgehead atoms. The van der Waals surface area contributed by atoms with Gasteiger partial charge in [0.25, 0.3) is 5.56 Å². The van der Waals surface area contributed by atoms with Crippen LogP contribution in [0.3, 0.4) is 0 Å². The average Bonchev–Trinajstić information content (AvgIpc) is 2.76. The lowest BCUT2D eigenvalue weighted by atomic mass is 10.3. The molecule has 5 nitrogen and oxygen atoms in total. The molecule has 3 heterocycles. The number of aromatic nitrogens is 2. The molecular formula is C13H15ClN4O. The minimum absolute atomic E-state index is 0.106. The van der Waals surface area contributed by atoms with E-state index in [1.807, 2.05) is 0 Å². The molecule has 1 saturated heterocycles. The average molecular weight is 279 g/mol. The first-order chi connectivity index (χ1) is 9.11. The lowest BCUT2D eigenvalue weighted by Gasteiger charge is -2.14. The van der Waals surface area contributed by atoms with Crippen molar-refractivity contribution in [1.29, 1.82) is 0 Å². The van der Waals surface area contributed by atoms with E-state index in [2.05, 4.69) is 9.88 Å². The van der Waals surface area contributed by atoms with Crippen LogP contribution in [0.2, 0.25) is 5.02 Å². The van der Waals surface area contributed by atoms with Gasteiger partial charge in [0.1, 0.15) is 5.65 Å². The molecule has 0 aliphatic carbocycles. The van der Waals surface area contributed by atoms with Gasteiger partial charge in [-0.25, -0.2) is 4.98 Å². The Labute approximate surface area is 115 Å². The molecule has 1 aliphatic heterocycles. The zero-order valence-electron chi connectivity index (χ0n) is 10.4. The van der Waals surface area contributed by atoms with Crippen LogP contribution in [-0.2, 0) is 6.54 Å². The molecule has 19 heavy (non-hydrogen) atoms. The van der Waals surface area contributed by atoms with Crippen molar-refractivity contribution >= 4 is 17.2 Å². The van der Waals surface area contributed by atoms with E-state index < -0.39 is 0 Å².